The quantitative estimate of drug-likeness (QED) is 0.813. The number of anilines is 1. The van der Waals surface area contributed by atoms with E-state index in [0.29, 0.717) is 16.8 Å². The number of carbonyl (C=O) groups is 2. The predicted molar refractivity (Wildman–Crippen MR) is 81.7 cm³/mol. The fourth-order valence-electron chi connectivity index (χ4n) is 2.15. The number of amides is 1. The van der Waals surface area contributed by atoms with E-state index in [1.807, 2.05) is 25.1 Å². The normalized spacial score (nSPS) is 10.0. The molecule has 21 heavy (non-hydrogen) atoms. The number of benzene rings is 2. The molecule has 2 rings (SSSR count). The number of hydrogen-bond donors (Lipinski definition) is 0. The number of nitrogens with zero attached hydrogens (tertiary/aromatic N) is 1. The summed E-state index contributed by atoms with van der Waals surface area (Å²) >= 11 is 0. The van der Waals surface area contributed by atoms with Crippen LogP contribution < -0.4 is 4.90 Å². The molecule has 2 aromatic carbocycles. The summed E-state index contributed by atoms with van der Waals surface area (Å²) in [5.41, 5.74) is 2.40. The van der Waals surface area contributed by atoms with E-state index in [2.05, 4.69) is 0 Å². The van der Waals surface area contributed by atoms with Crippen LogP contribution in [0.3, 0.4) is 0 Å². The fraction of sp³-hybridized carbons (Fsp3) is 0.176. The first-order valence-electron chi connectivity index (χ1n) is 6.57. The molecule has 4 nitrogen and oxygen atoms in total. The summed E-state index contributed by atoms with van der Waals surface area (Å²) < 4.78 is 4.76. The van der Waals surface area contributed by atoms with E-state index in [-0.39, 0.29) is 5.91 Å². The van der Waals surface area contributed by atoms with Gasteiger partial charge in [0.15, 0.2) is 0 Å². The largest absolute Gasteiger partial charge is 0.465 e. The Morgan fingerprint density at radius 3 is 2.14 bits per heavy atom. The lowest BCUT2D eigenvalue weighted by molar-refractivity contribution is 0.0601. The fourth-order valence-corrected chi connectivity index (χ4v) is 2.15. The molecule has 0 spiro atoms. The first-order chi connectivity index (χ1) is 10.1. The van der Waals surface area contributed by atoms with Gasteiger partial charge < -0.3 is 9.64 Å². The maximum atomic E-state index is 12.6. The van der Waals surface area contributed by atoms with Gasteiger partial charge in [0.05, 0.1) is 18.4 Å². The van der Waals surface area contributed by atoms with Crippen LogP contribution in [0.4, 0.5) is 5.69 Å². The molecule has 0 radical (unpaired) electrons. The van der Waals surface area contributed by atoms with Crippen LogP contribution in [0.2, 0.25) is 0 Å². The van der Waals surface area contributed by atoms with Crippen LogP contribution in [-0.4, -0.2) is 26.0 Å². The van der Waals surface area contributed by atoms with Gasteiger partial charge in [-0.1, -0.05) is 30.3 Å². The SMILES string of the molecule is COC(=O)c1ccccc1N(C)C(=O)c1ccccc1C. The van der Waals surface area contributed by atoms with E-state index >= 15 is 0 Å². The van der Waals surface area contributed by atoms with E-state index in [0.717, 1.165) is 5.56 Å². The zero-order valence-electron chi connectivity index (χ0n) is 12.3. The maximum absolute atomic E-state index is 12.6. The van der Waals surface area contributed by atoms with Gasteiger partial charge in [-0.05, 0) is 30.7 Å². The van der Waals surface area contributed by atoms with Gasteiger partial charge in [-0.25, -0.2) is 4.79 Å². The number of methoxy groups -OCH3 is 1. The lowest BCUT2D eigenvalue weighted by Gasteiger charge is -2.20. The number of para-hydroxylation sites is 1. The number of rotatable bonds is 3. The molecule has 0 saturated carbocycles. The number of carbonyl (C=O) groups excluding carboxylic acids is 2. The molecule has 0 heterocycles. The summed E-state index contributed by atoms with van der Waals surface area (Å²) in [6, 6.07) is 14.2. The molecule has 2 aromatic rings. The second-order valence-electron chi connectivity index (χ2n) is 4.69. The minimum Gasteiger partial charge on any atom is -0.465 e. The Hall–Kier alpha value is -2.62. The molecule has 108 valence electrons. The second-order valence-corrected chi connectivity index (χ2v) is 4.69. The highest BCUT2D eigenvalue weighted by atomic mass is 16.5. The van der Waals surface area contributed by atoms with Crippen molar-refractivity contribution in [1.29, 1.82) is 0 Å². The minimum atomic E-state index is -0.463. The van der Waals surface area contributed by atoms with E-state index in [4.69, 9.17) is 4.74 Å². The summed E-state index contributed by atoms with van der Waals surface area (Å²) in [6.07, 6.45) is 0. The predicted octanol–water partition coefficient (Wildman–Crippen LogP) is 3.06. The van der Waals surface area contributed by atoms with Crippen LogP contribution >= 0.6 is 0 Å². The van der Waals surface area contributed by atoms with Crippen LogP contribution in [0.15, 0.2) is 48.5 Å². The molecule has 0 bridgehead atoms. The standard InChI is InChI=1S/C17H17NO3/c1-12-8-4-5-9-13(12)16(19)18(2)15-11-7-6-10-14(15)17(20)21-3/h4-11H,1-3H3. The Kier molecular flexibility index (Phi) is 4.38. The van der Waals surface area contributed by atoms with Crippen molar-refractivity contribution in [3.63, 3.8) is 0 Å². The van der Waals surface area contributed by atoms with Crippen LogP contribution in [0, 0.1) is 6.92 Å². The van der Waals surface area contributed by atoms with Gasteiger partial charge in [-0.15, -0.1) is 0 Å². The van der Waals surface area contributed by atoms with E-state index in [1.165, 1.54) is 12.0 Å². The number of ether oxygens (including phenoxy) is 1. The van der Waals surface area contributed by atoms with Crippen molar-refractivity contribution in [3.05, 3.63) is 65.2 Å². The third kappa shape index (κ3) is 2.94. The molecule has 0 aromatic heterocycles. The highest BCUT2D eigenvalue weighted by Crippen LogP contribution is 2.22. The summed E-state index contributed by atoms with van der Waals surface area (Å²) in [5, 5.41) is 0. The first kappa shape index (κ1) is 14.8. The molecule has 0 atom stereocenters. The molecule has 0 aliphatic heterocycles. The van der Waals surface area contributed by atoms with E-state index in [1.54, 1.807) is 37.4 Å². The average molecular weight is 283 g/mol. The number of esters is 1. The Morgan fingerprint density at radius 1 is 0.952 bits per heavy atom. The molecule has 4 heteroatoms. The highest BCUT2D eigenvalue weighted by Gasteiger charge is 2.20. The Morgan fingerprint density at radius 2 is 1.52 bits per heavy atom. The average Bonchev–Trinajstić information content (AvgIpc) is 2.53. The van der Waals surface area contributed by atoms with Gasteiger partial charge in [0.1, 0.15) is 0 Å². The summed E-state index contributed by atoms with van der Waals surface area (Å²) in [7, 11) is 2.97. The molecule has 0 fully saturated rings. The van der Waals surface area contributed by atoms with Gasteiger partial charge in [-0.3, -0.25) is 4.79 Å². The van der Waals surface area contributed by atoms with Crippen molar-refractivity contribution in [2.24, 2.45) is 0 Å². The summed E-state index contributed by atoms with van der Waals surface area (Å²) in [4.78, 5) is 25.9. The molecular formula is C17H17NO3. The molecule has 1 amide bonds. The van der Waals surface area contributed by atoms with E-state index in [9.17, 15) is 9.59 Å². The van der Waals surface area contributed by atoms with Crippen LogP contribution in [-0.2, 0) is 4.74 Å². The van der Waals surface area contributed by atoms with Crippen molar-refractivity contribution < 1.29 is 14.3 Å². The Bertz CT molecular complexity index is 679. The topological polar surface area (TPSA) is 46.6 Å². The zero-order valence-corrected chi connectivity index (χ0v) is 12.3. The van der Waals surface area contributed by atoms with Gasteiger partial charge in [-0.2, -0.15) is 0 Å². The van der Waals surface area contributed by atoms with Crippen LogP contribution in [0.5, 0.6) is 0 Å². The van der Waals surface area contributed by atoms with E-state index < -0.39 is 5.97 Å². The van der Waals surface area contributed by atoms with Crippen molar-refractivity contribution in [3.8, 4) is 0 Å². The second kappa shape index (κ2) is 6.22. The Balaban J connectivity index is 2.41. The van der Waals surface area contributed by atoms with Gasteiger partial charge in [0.2, 0.25) is 0 Å². The van der Waals surface area contributed by atoms with Crippen LogP contribution in [0.1, 0.15) is 26.3 Å². The number of hydrogen-bond acceptors (Lipinski definition) is 3. The van der Waals surface area contributed by atoms with Gasteiger partial charge in [0.25, 0.3) is 5.91 Å². The third-order valence-electron chi connectivity index (χ3n) is 3.35. The summed E-state index contributed by atoms with van der Waals surface area (Å²) in [6.45, 7) is 1.88. The monoisotopic (exact) mass is 283 g/mol. The van der Waals surface area contributed by atoms with Gasteiger partial charge in [0, 0.05) is 12.6 Å². The lowest BCUT2D eigenvalue weighted by Crippen LogP contribution is -2.28. The first-order valence-corrected chi connectivity index (χ1v) is 6.57. The minimum absolute atomic E-state index is 0.163. The maximum Gasteiger partial charge on any atom is 0.339 e. The molecule has 0 aliphatic carbocycles. The van der Waals surface area contributed by atoms with Crippen molar-refractivity contribution in [1.82, 2.24) is 0 Å². The molecule has 0 N–H and O–H groups in total. The summed E-state index contributed by atoms with van der Waals surface area (Å²) in [5.74, 6) is -0.625. The molecule has 0 aliphatic rings. The molecule has 0 saturated heterocycles. The van der Waals surface area contributed by atoms with Crippen molar-refractivity contribution >= 4 is 17.6 Å². The van der Waals surface area contributed by atoms with Gasteiger partial charge >= 0.3 is 5.97 Å². The Labute approximate surface area is 124 Å². The van der Waals surface area contributed by atoms with Crippen molar-refractivity contribution in [2.45, 2.75) is 6.92 Å². The van der Waals surface area contributed by atoms with Crippen molar-refractivity contribution in [2.75, 3.05) is 19.1 Å². The molecule has 0 unspecified atom stereocenters. The molecular weight excluding hydrogens is 266 g/mol. The highest BCUT2D eigenvalue weighted by molar-refractivity contribution is 6.09. The zero-order chi connectivity index (χ0) is 15.4. The number of aryl methyl sites for hydroxylation is 1. The smallest absolute Gasteiger partial charge is 0.339 e. The third-order valence-corrected chi connectivity index (χ3v) is 3.35. The van der Waals surface area contributed by atoms with Crippen LogP contribution in [0.25, 0.3) is 0 Å². The lowest BCUT2D eigenvalue weighted by atomic mass is 10.1.